The molecule has 7 heteroatoms. The van der Waals surface area contributed by atoms with Crippen molar-refractivity contribution in [1.82, 2.24) is 5.32 Å². The van der Waals surface area contributed by atoms with Crippen molar-refractivity contribution < 1.29 is 26.7 Å². The first kappa shape index (κ1) is 14.0. The molecule has 19 heavy (non-hydrogen) atoms. The monoisotopic (exact) mass is 281 g/mol. The smallest absolute Gasteiger partial charge is 0.206 e. The normalized spacial score (nSPS) is 19.5. The summed E-state index contributed by atoms with van der Waals surface area (Å²) in [5, 5.41) is 3.04. The summed E-state index contributed by atoms with van der Waals surface area (Å²) in [4.78, 5) is 0. The van der Waals surface area contributed by atoms with Crippen LogP contribution >= 0.6 is 0 Å². The fourth-order valence-corrected chi connectivity index (χ4v) is 1.96. The zero-order valence-corrected chi connectivity index (χ0v) is 9.91. The highest BCUT2D eigenvalue weighted by atomic mass is 19.2. The summed E-state index contributed by atoms with van der Waals surface area (Å²) >= 11 is 0. The van der Waals surface area contributed by atoms with E-state index in [9.17, 15) is 22.0 Å². The van der Waals surface area contributed by atoms with Crippen LogP contribution in [0.25, 0.3) is 0 Å². The lowest BCUT2D eigenvalue weighted by Gasteiger charge is -2.23. The van der Waals surface area contributed by atoms with Crippen molar-refractivity contribution in [3.05, 3.63) is 29.1 Å². The second-order valence-electron chi connectivity index (χ2n) is 4.36. The number of benzene rings is 1. The third kappa shape index (κ3) is 2.80. The summed E-state index contributed by atoms with van der Waals surface area (Å²) in [6.07, 6.45) is 2.65. The van der Waals surface area contributed by atoms with E-state index < -0.39 is 34.8 Å². The summed E-state index contributed by atoms with van der Waals surface area (Å²) in [6.45, 7) is 0.601. The van der Waals surface area contributed by atoms with Crippen LogP contribution in [0.15, 0.2) is 0 Å². The highest BCUT2D eigenvalue weighted by molar-refractivity contribution is 5.29. The van der Waals surface area contributed by atoms with Crippen LogP contribution in [0, 0.1) is 29.1 Å². The van der Waals surface area contributed by atoms with Gasteiger partial charge in [-0.2, -0.15) is 8.78 Å². The summed E-state index contributed by atoms with van der Waals surface area (Å²) < 4.78 is 70.0. The average Bonchev–Trinajstić information content (AvgIpc) is 2.44. The van der Waals surface area contributed by atoms with Crippen LogP contribution in [0.1, 0.15) is 19.3 Å². The zero-order valence-electron chi connectivity index (χ0n) is 9.91. The fraction of sp³-hybridized carbons (Fsp3) is 0.500. The molecule has 0 spiro atoms. The number of halogens is 5. The molecule has 0 aromatic heterocycles. The Morgan fingerprint density at radius 3 is 2.00 bits per heavy atom. The Hall–Kier alpha value is -1.37. The Bertz CT molecular complexity index is 445. The fourth-order valence-electron chi connectivity index (χ4n) is 1.96. The maximum atomic E-state index is 13.3. The van der Waals surface area contributed by atoms with Crippen LogP contribution in [-0.2, 0) is 0 Å². The molecule has 0 radical (unpaired) electrons. The molecule has 106 valence electrons. The van der Waals surface area contributed by atoms with E-state index in [1.54, 1.807) is 0 Å². The van der Waals surface area contributed by atoms with Gasteiger partial charge in [-0.1, -0.05) is 6.42 Å². The quantitative estimate of drug-likeness (QED) is 0.522. The predicted molar refractivity (Wildman–Crippen MR) is 57.4 cm³/mol. The molecular formula is C12H12F5NO. The SMILES string of the molecule is Fc1c(F)c(F)c(OCC2CCCCN2)c(F)c1F. The molecule has 1 aromatic rings. The van der Waals surface area contributed by atoms with Crippen molar-refractivity contribution in [2.45, 2.75) is 25.3 Å². The lowest BCUT2D eigenvalue weighted by Crippen LogP contribution is -2.38. The maximum absolute atomic E-state index is 13.3. The van der Waals surface area contributed by atoms with E-state index in [0.717, 1.165) is 25.8 Å². The van der Waals surface area contributed by atoms with Gasteiger partial charge < -0.3 is 10.1 Å². The van der Waals surface area contributed by atoms with Gasteiger partial charge in [0, 0.05) is 6.04 Å². The third-order valence-electron chi connectivity index (χ3n) is 3.01. The molecule has 2 nitrogen and oxygen atoms in total. The van der Waals surface area contributed by atoms with Crippen LogP contribution in [0.4, 0.5) is 22.0 Å². The number of nitrogens with one attached hydrogen (secondary N) is 1. The lowest BCUT2D eigenvalue weighted by molar-refractivity contribution is 0.213. The first-order valence-corrected chi connectivity index (χ1v) is 5.90. The van der Waals surface area contributed by atoms with Crippen molar-refractivity contribution in [2.24, 2.45) is 0 Å². The van der Waals surface area contributed by atoms with Gasteiger partial charge >= 0.3 is 0 Å². The first-order valence-electron chi connectivity index (χ1n) is 5.90. The van der Waals surface area contributed by atoms with Gasteiger partial charge in [0.15, 0.2) is 5.75 Å². The summed E-state index contributed by atoms with van der Waals surface area (Å²) in [5.74, 6) is -11.3. The molecule has 2 rings (SSSR count). The molecule has 0 aliphatic carbocycles. The summed E-state index contributed by atoms with van der Waals surface area (Å²) in [7, 11) is 0. The largest absolute Gasteiger partial charge is 0.486 e. The first-order chi connectivity index (χ1) is 9.02. The van der Waals surface area contributed by atoms with E-state index in [2.05, 4.69) is 5.32 Å². The molecule has 0 bridgehead atoms. The van der Waals surface area contributed by atoms with Crippen LogP contribution in [0.3, 0.4) is 0 Å². The lowest BCUT2D eigenvalue weighted by atomic mass is 10.1. The Kier molecular flexibility index (Phi) is 4.24. The molecule has 1 fully saturated rings. The molecule has 0 saturated carbocycles. The minimum atomic E-state index is -2.18. The van der Waals surface area contributed by atoms with Gasteiger partial charge in [-0.25, -0.2) is 13.2 Å². The van der Waals surface area contributed by atoms with Crippen LogP contribution in [0.5, 0.6) is 5.75 Å². The van der Waals surface area contributed by atoms with Gasteiger partial charge in [0.1, 0.15) is 6.61 Å². The number of piperidine rings is 1. The average molecular weight is 281 g/mol. The van der Waals surface area contributed by atoms with E-state index in [1.165, 1.54) is 0 Å². The molecule has 1 aromatic carbocycles. The second-order valence-corrected chi connectivity index (χ2v) is 4.36. The van der Waals surface area contributed by atoms with Gasteiger partial charge in [-0.3, -0.25) is 0 Å². The number of hydrogen-bond donors (Lipinski definition) is 1. The van der Waals surface area contributed by atoms with Crippen molar-refractivity contribution in [2.75, 3.05) is 13.2 Å². The topological polar surface area (TPSA) is 21.3 Å². The van der Waals surface area contributed by atoms with Crippen molar-refractivity contribution in [1.29, 1.82) is 0 Å². The van der Waals surface area contributed by atoms with Crippen LogP contribution in [-0.4, -0.2) is 19.2 Å². The number of ether oxygens (including phenoxy) is 1. The third-order valence-corrected chi connectivity index (χ3v) is 3.01. The van der Waals surface area contributed by atoms with E-state index in [0.29, 0.717) is 0 Å². The highest BCUT2D eigenvalue weighted by Crippen LogP contribution is 2.29. The van der Waals surface area contributed by atoms with E-state index in [-0.39, 0.29) is 12.6 Å². The van der Waals surface area contributed by atoms with Gasteiger partial charge in [-0.15, -0.1) is 0 Å². The molecule has 0 amide bonds. The van der Waals surface area contributed by atoms with E-state index >= 15 is 0 Å². The Morgan fingerprint density at radius 2 is 1.47 bits per heavy atom. The van der Waals surface area contributed by atoms with Crippen molar-refractivity contribution >= 4 is 0 Å². The van der Waals surface area contributed by atoms with Gasteiger partial charge in [0.2, 0.25) is 29.1 Å². The van der Waals surface area contributed by atoms with Crippen LogP contribution < -0.4 is 10.1 Å². The molecule has 1 heterocycles. The summed E-state index contributed by atoms with van der Waals surface area (Å²) in [5.41, 5.74) is 0. The molecule has 1 saturated heterocycles. The standard InChI is InChI=1S/C12H12F5NO/c13-7-8(14)10(16)12(11(17)9(7)15)19-5-6-3-1-2-4-18-6/h6,18H,1-5H2. The van der Waals surface area contributed by atoms with Gasteiger partial charge in [0.05, 0.1) is 0 Å². The van der Waals surface area contributed by atoms with Gasteiger partial charge in [-0.05, 0) is 19.4 Å². The molecule has 1 aliphatic rings. The van der Waals surface area contributed by atoms with Crippen molar-refractivity contribution in [3.8, 4) is 5.75 Å². The number of rotatable bonds is 3. The Balaban J connectivity index is 2.15. The molecular weight excluding hydrogens is 269 g/mol. The van der Waals surface area contributed by atoms with Crippen molar-refractivity contribution in [3.63, 3.8) is 0 Å². The van der Waals surface area contributed by atoms with Crippen LogP contribution in [0.2, 0.25) is 0 Å². The maximum Gasteiger partial charge on any atom is 0.206 e. The second kappa shape index (κ2) is 5.73. The zero-order chi connectivity index (χ0) is 14.0. The minimum Gasteiger partial charge on any atom is -0.486 e. The molecule has 1 aliphatic heterocycles. The summed E-state index contributed by atoms with van der Waals surface area (Å²) in [6, 6.07) is -0.149. The molecule has 1 atom stereocenters. The van der Waals surface area contributed by atoms with Gasteiger partial charge in [0.25, 0.3) is 0 Å². The van der Waals surface area contributed by atoms with E-state index in [4.69, 9.17) is 4.74 Å². The molecule has 1 N–H and O–H groups in total. The minimum absolute atomic E-state index is 0.141. The predicted octanol–water partition coefficient (Wildman–Crippen LogP) is 2.90. The highest BCUT2D eigenvalue weighted by Gasteiger charge is 2.27. The molecule has 1 unspecified atom stereocenters. The Labute approximate surface area is 106 Å². The number of hydrogen-bond acceptors (Lipinski definition) is 2. The Morgan fingerprint density at radius 1 is 0.895 bits per heavy atom. The van der Waals surface area contributed by atoms with E-state index in [1.807, 2.05) is 0 Å².